The number of hydrogen-bond acceptors (Lipinski definition) is 3. The summed E-state index contributed by atoms with van der Waals surface area (Å²) in [5.41, 5.74) is 6.02. The Bertz CT molecular complexity index is 381. The molecule has 0 aromatic heterocycles. The summed E-state index contributed by atoms with van der Waals surface area (Å²) in [6, 6.07) is 7.35. The van der Waals surface area contributed by atoms with Gasteiger partial charge in [-0.15, -0.1) is 0 Å². The molecule has 0 bridgehead atoms. The van der Waals surface area contributed by atoms with Gasteiger partial charge in [-0.2, -0.15) is 0 Å². The van der Waals surface area contributed by atoms with Gasteiger partial charge in [-0.25, -0.2) is 0 Å². The van der Waals surface area contributed by atoms with E-state index in [4.69, 9.17) is 10.5 Å². The van der Waals surface area contributed by atoms with E-state index in [-0.39, 0.29) is 6.04 Å². The monoisotopic (exact) mass is 255 g/mol. The van der Waals surface area contributed by atoms with E-state index in [1.807, 2.05) is 24.3 Å². The molecule has 3 atom stereocenters. The summed E-state index contributed by atoms with van der Waals surface area (Å²) in [4.78, 5) is 0.730. The molecule has 0 spiro atoms. The fourth-order valence-electron chi connectivity index (χ4n) is 1.54. The number of nitrogens with two attached hydrogens (primary N) is 1. The van der Waals surface area contributed by atoms with Crippen molar-refractivity contribution in [1.82, 2.24) is 0 Å². The molecule has 0 saturated heterocycles. The lowest BCUT2D eigenvalue weighted by atomic mass is 10.0. The van der Waals surface area contributed by atoms with Crippen LogP contribution in [-0.2, 0) is 10.8 Å². The van der Waals surface area contributed by atoms with Crippen molar-refractivity contribution in [3.8, 4) is 5.75 Å². The first-order valence-electron chi connectivity index (χ1n) is 5.87. The lowest BCUT2D eigenvalue weighted by Gasteiger charge is -2.18. The van der Waals surface area contributed by atoms with Crippen molar-refractivity contribution in [3.05, 3.63) is 24.3 Å². The zero-order valence-electron chi connectivity index (χ0n) is 10.7. The lowest BCUT2D eigenvalue weighted by Crippen LogP contribution is -2.33. The molecule has 0 aliphatic carbocycles. The normalized spacial score (nSPS) is 16.2. The average Bonchev–Trinajstić information content (AvgIpc) is 2.37. The molecule has 3 nitrogen and oxygen atoms in total. The molecule has 0 heterocycles. The van der Waals surface area contributed by atoms with Gasteiger partial charge >= 0.3 is 0 Å². The van der Waals surface area contributed by atoms with Crippen LogP contribution in [0.4, 0.5) is 0 Å². The average molecular weight is 255 g/mol. The van der Waals surface area contributed by atoms with Gasteiger partial charge in [-0.1, -0.05) is 32.4 Å². The van der Waals surface area contributed by atoms with Crippen LogP contribution in [0, 0.1) is 5.92 Å². The summed E-state index contributed by atoms with van der Waals surface area (Å²) in [6.45, 7) is 4.18. The highest BCUT2D eigenvalue weighted by molar-refractivity contribution is 7.85. The molecular weight excluding hydrogens is 234 g/mol. The zero-order valence-corrected chi connectivity index (χ0v) is 11.5. The van der Waals surface area contributed by atoms with Crippen LogP contribution in [0.5, 0.6) is 5.75 Å². The molecule has 1 rings (SSSR count). The van der Waals surface area contributed by atoms with Crippen LogP contribution in [0.15, 0.2) is 29.2 Å². The molecule has 0 fully saturated rings. The molecule has 0 aliphatic rings. The number of para-hydroxylation sites is 1. The standard InChI is InChI=1S/C13H21NO2S/c1-4-10(2)11(14)9-17(15)13-8-6-5-7-12(13)16-3/h5-8,10-11H,4,9,14H2,1-3H3. The highest BCUT2D eigenvalue weighted by Crippen LogP contribution is 2.22. The van der Waals surface area contributed by atoms with Gasteiger partial charge in [0.1, 0.15) is 5.75 Å². The van der Waals surface area contributed by atoms with E-state index in [0.29, 0.717) is 17.4 Å². The predicted octanol–water partition coefficient (Wildman–Crippen LogP) is 2.18. The number of benzene rings is 1. The Balaban J connectivity index is 2.76. The van der Waals surface area contributed by atoms with Gasteiger partial charge in [0.2, 0.25) is 0 Å². The van der Waals surface area contributed by atoms with Crippen LogP contribution in [0.3, 0.4) is 0 Å². The van der Waals surface area contributed by atoms with Crippen molar-refractivity contribution in [2.45, 2.75) is 31.2 Å². The molecule has 1 aromatic rings. The fraction of sp³-hybridized carbons (Fsp3) is 0.538. The van der Waals surface area contributed by atoms with Crippen molar-refractivity contribution in [1.29, 1.82) is 0 Å². The maximum absolute atomic E-state index is 12.2. The van der Waals surface area contributed by atoms with E-state index in [1.165, 1.54) is 0 Å². The second kappa shape index (κ2) is 6.77. The van der Waals surface area contributed by atoms with Gasteiger partial charge in [0.15, 0.2) is 0 Å². The quantitative estimate of drug-likeness (QED) is 0.847. The van der Waals surface area contributed by atoms with Crippen LogP contribution < -0.4 is 10.5 Å². The minimum atomic E-state index is -1.10. The summed E-state index contributed by atoms with van der Waals surface area (Å²) in [6.07, 6.45) is 1.00. The molecule has 4 heteroatoms. The van der Waals surface area contributed by atoms with Crippen LogP contribution in [0.1, 0.15) is 20.3 Å². The van der Waals surface area contributed by atoms with Crippen LogP contribution in [0.25, 0.3) is 0 Å². The Morgan fingerprint density at radius 2 is 2.06 bits per heavy atom. The van der Waals surface area contributed by atoms with Gasteiger partial charge in [-0.3, -0.25) is 4.21 Å². The summed E-state index contributed by atoms with van der Waals surface area (Å²) in [5, 5.41) is 0. The van der Waals surface area contributed by atoms with Crippen molar-refractivity contribution >= 4 is 10.8 Å². The first-order valence-corrected chi connectivity index (χ1v) is 7.19. The first-order chi connectivity index (χ1) is 8.10. The SMILES string of the molecule is CCC(C)C(N)CS(=O)c1ccccc1OC. The van der Waals surface area contributed by atoms with Crippen molar-refractivity contribution in [2.24, 2.45) is 11.7 Å². The third kappa shape index (κ3) is 3.82. The Kier molecular flexibility index (Phi) is 5.65. The summed E-state index contributed by atoms with van der Waals surface area (Å²) in [5.74, 6) is 1.53. The van der Waals surface area contributed by atoms with Gasteiger partial charge in [0, 0.05) is 11.8 Å². The topological polar surface area (TPSA) is 52.3 Å². The third-order valence-electron chi connectivity index (χ3n) is 3.03. The maximum Gasteiger partial charge on any atom is 0.134 e. The Morgan fingerprint density at radius 1 is 1.41 bits per heavy atom. The van der Waals surface area contributed by atoms with E-state index in [9.17, 15) is 4.21 Å². The second-order valence-electron chi connectivity index (χ2n) is 4.21. The van der Waals surface area contributed by atoms with Gasteiger partial charge in [0.25, 0.3) is 0 Å². The molecule has 0 saturated carbocycles. The highest BCUT2D eigenvalue weighted by Gasteiger charge is 2.17. The van der Waals surface area contributed by atoms with Gasteiger partial charge < -0.3 is 10.5 Å². The molecule has 1 aromatic carbocycles. The van der Waals surface area contributed by atoms with Gasteiger partial charge in [-0.05, 0) is 18.1 Å². The van der Waals surface area contributed by atoms with Crippen LogP contribution >= 0.6 is 0 Å². The minimum absolute atomic E-state index is 0.0363. The number of rotatable bonds is 6. The highest BCUT2D eigenvalue weighted by atomic mass is 32.2. The fourth-order valence-corrected chi connectivity index (χ4v) is 3.00. The van der Waals surface area contributed by atoms with E-state index in [0.717, 1.165) is 11.3 Å². The Labute approximate surface area is 106 Å². The second-order valence-corrected chi connectivity index (χ2v) is 5.68. The number of methoxy groups -OCH3 is 1. The Morgan fingerprint density at radius 3 is 2.65 bits per heavy atom. The van der Waals surface area contributed by atoms with E-state index < -0.39 is 10.8 Å². The van der Waals surface area contributed by atoms with Crippen molar-refractivity contribution in [2.75, 3.05) is 12.9 Å². The van der Waals surface area contributed by atoms with E-state index >= 15 is 0 Å². The molecule has 2 N–H and O–H groups in total. The molecule has 96 valence electrons. The van der Waals surface area contributed by atoms with Crippen LogP contribution in [-0.4, -0.2) is 23.1 Å². The first kappa shape index (κ1) is 14.2. The molecular formula is C13H21NO2S. The van der Waals surface area contributed by atoms with Crippen molar-refractivity contribution < 1.29 is 8.95 Å². The van der Waals surface area contributed by atoms with Gasteiger partial charge in [0.05, 0.1) is 22.8 Å². The van der Waals surface area contributed by atoms with E-state index in [1.54, 1.807) is 7.11 Å². The predicted molar refractivity (Wildman–Crippen MR) is 71.7 cm³/mol. The van der Waals surface area contributed by atoms with Crippen molar-refractivity contribution in [3.63, 3.8) is 0 Å². The van der Waals surface area contributed by atoms with E-state index in [2.05, 4.69) is 13.8 Å². The third-order valence-corrected chi connectivity index (χ3v) is 4.55. The Hall–Kier alpha value is -0.870. The molecule has 3 unspecified atom stereocenters. The maximum atomic E-state index is 12.2. The molecule has 0 amide bonds. The lowest BCUT2D eigenvalue weighted by molar-refractivity contribution is 0.403. The summed E-state index contributed by atoms with van der Waals surface area (Å²) in [7, 11) is 0.491. The molecule has 0 radical (unpaired) electrons. The number of ether oxygens (including phenoxy) is 1. The summed E-state index contributed by atoms with van der Waals surface area (Å²) >= 11 is 0. The molecule has 0 aliphatic heterocycles. The molecule has 17 heavy (non-hydrogen) atoms. The largest absolute Gasteiger partial charge is 0.495 e. The smallest absolute Gasteiger partial charge is 0.134 e. The zero-order chi connectivity index (χ0) is 12.8. The van der Waals surface area contributed by atoms with Crippen LogP contribution in [0.2, 0.25) is 0 Å². The number of hydrogen-bond donors (Lipinski definition) is 1. The summed E-state index contributed by atoms with van der Waals surface area (Å²) < 4.78 is 17.4. The minimum Gasteiger partial charge on any atom is -0.495 e.